The number of aryl methyl sites for hydroxylation is 2. The molecule has 24 heavy (non-hydrogen) atoms. The van der Waals surface area contributed by atoms with E-state index in [1.807, 2.05) is 13.8 Å². The summed E-state index contributed by atoms with van der Waals surface area (Å²) in [5.74, 6) is -0.467. The van der Waals surface area contributed by atoms with E-state index < -0.39 is 0 Å². The number of benzene rings is 1. The topological polar surface area (TPSA) is 57.8 Å². The van der Waals surface area contributed by atoms with Crippen LogP contribution in [0.3, 0.4) is 0 Å². The van der Waals surface area contributed by atoms with Crippen LogP contribution >= 0.6 is 0 Å². The van der Waals surface area contributed by atoms with Gasteiger partial charge >= 0.3 is 0 Å². The predicted octanol–water partition coefficient (Wildman–Crippen LogP) is 2.09. The molecule has 3 aromatic rings. The number of pyridine rings is 1. The van der Waals surface area contributed by atoms with Crippen molar-refractivity contribution in [1.29, 1.82) is 0 Å². The van der Waals surface area contributed by atoms with Gasteiger partial charge in [-0.3, -0.25) is 9.78 Å². The van der Waals surface area contributed by atoms with Crippen LogP contribution in [0, 0.1) is 19.7 Å². The maximum Gasteiger partial charge on any atom is 0.251 e. The molecule has 0 bridgehead atoms. The van der Waals surface area contributed by atoms with Crippen molar-refractivity contribution in [3.63, 3.8) is 0 Å². The van der Waals surface area contributed by atoms with Crippen molar-refractivity contribution >= 4 is 30.2 Å². The second-order valence-corrected chi connectivity index (χ2v) is 5.82. The zero-order valence-electron chi connectivity index (χ0n) is 13.6. The van der Waals surface area contributed by atoms with Crippen LogP contribution < -0.4 is 10.9 Å². The van der Waals surface area contributed by atoms with Crippen molar-refractivity contribution in [2.24, 2.45) is 0 Å². The number of carbonyl (C=O) groups is 1. The summed E-state index contributed by atoms with van der Waals surface area (Å²) in [5, 5.41) is 3.76. The summed E-state index contributed by atoms with van der Waals surface area (Å²) in [6, 6.07) is 6.38. The van der Waals surface area contributed by atoms with Crippen molar-refractivity contribution in [2.45, 2.75) is 20.3 Å². The molecule has 0 saturated carbocycles. The van der Waals surface area contributed by atoms with Gasteiger partial charge < -0.3 is 10.3 Å². The van der Waals surface area contributed by atoms with Gasteiger partial charge in [0.2, 0.25) is 0 Å². The Kier molecular flexibility index (Phi) is 4.38. The summed E-state index contributed by atoms with van der Waals surface area (Å²) in [5.41, 5.74) is 4.26. The quantitative estimate of drug-likeness (QED) is 0.723. The molecule has 0 aliphatic rings. The summed E-state index contributed by atoms with van der Waals surface area (Å²) in [6.07, 6.45) is 2.11. The highest BCUT2D eigenvalue weighted by Gasteiger charge is 2.14. The number of hydrogen-bond acceptors (Lipinski definition) is 2. The zero-order chi connectivity index (χ0) is 17.3. The normalized spacial score (nSPS) is 11.0. The fourth-order valence-electron chi connectivity index (χ4n) is 2.95. The van der Waals surface area contributed by atoms with Gasteiger partial charge in [-0.1, -0.05) is 6.07 Å². The lowest BCUT2D eigenvalue weighted by Crippen LogP contribution is -2.27. The minimum Gasteiger partial charge on any atom is -0.356 e. The van der Waals surface area contributed by atoms with Crippen LogP contribution in [0.2, 0.25) is 0 Å². The molecule has 0 fully saturated rings. The average Bonchev–Trinajstić information content (AvgIpc) is 2.89. The lowest BCUT2D eigenvalue weighted by atomic mass is 10.0. The molecule has 0 unspecified atom stereocenters. The number of aromatic nitrogens is 2. The molecule has 0 atom stereocenters. The van der Waals surface area contributed by atoms with Gasteiger partial charge in [-0.05, 0) is 55.2 Å². The minimum absolute atomic E-state index is 0.204. The summed E-state index contributed by atoms with van der Waals surface area (Å²) in [7, 11) is 5.58. The number of amides is 1. The van der Waals surface area contributed by atoms with Crippen molar-refractivity contribution in [1.82, 2.24) is 15.3 Å². The van der Waals surface area contributed by atoms with Crippen molar-refractivity contribution in [3.8, 4) is 0 Å². The molecule has 0 aliphatic carbocycles. The smallest absolute Gasteiger partial charge is 0.251 e. The third-order valence-electron chi connectivity index (χ3n) is 4.13. The highest BCUT2D eigenvalue weighted by Crippen LogP contribution is 2.27. The molecular formula is C18H17BFN3O. The third-order valence-corrected chi connectivity index (χ3v) is 4.13. The Hall–Kier alpha value is -2.63. The second-order valence-electron chi connectivity index (χ2n) is 5.82. The highest BCUT2D eigenvalue weighted by atomic mass is 19.1. The number of nitrogens with zero attached hydrogens (tertiary/aromatic N) is 1. The Bertz CT molecular complexity index is 920. The van der Waals surface area contributed by atoms with Crippen LogP contribution in [0.1, 0.15) is 27.2 Å². The number of halogens is 1. The maximum atomic E-state index is 14.0. The van der Waals surface area contributed by atoms with Crippen LogP contribution in [0.4, 0.5) is 4.39 Å². The number of carbonyl (C=O) groups excluding carboxylic acids is 1. The van der Waals surface area contributed by atoms with Crippen molar-refractivity contribution in [3.05, 3.63) is 58.7 Å². The molecule has 0 saturated heterocycles. The molecule has 3 rings (SSSR count). The number of rotatable bonds is 4. The van der Waals surface area contributed by atoms with Crippen LogP contribution in [-0.4, -0.2) is 30.3 Å². The molecule has 2 aromatic heterocycles. The van der Waals surface area contributed by atoms with E-state index in [1.54, 1.807) is 12.1 Å². The molecular weight excluding hydrogens is 304 g/mol. The molecule has 2 radical (unpaired) electrons. The first kappa shape index (κ1) is 16.2. The van der Waals surface area contributed by atoms with Gasteiger partial charge in [-0.2, -0.15) is 0 Å². The van der Waals surface area contributed by atoms with E-state index in [0.29, 0.717) is 29.6 Å². The summed E-state index contributed by atoms with van der Waals surface area (Å²) in [6.45, 7) is 4.32. The monoisotopic (exact) mass is 321 g/mol. The molecule has 1 amide bonds. The first-order chi connectivity index (χ1) is 11.5. The van der Waals surface area contributed by atoms with Gasteiger partial charge in [-0.25, -0.2) is 4.39 Å². The first-order valence-electron chi connectivity index (χ1n) is 7.73. The van der Waals surface area contributed by atoms with Gasteiger partial charge in [0.15, 0.2) is 0 Å². The lowest BCUT2D eigenvalue weighted by Gasteiger charge is -2.07. The average molecular weight is 321 g/mol. The Morgan fingerprint density at radius 1 is 1.33 bits per heavy atom. The fraction of sp³-hybridized carbons (Fsp3) is 0.222. The van der Waals surface area contributed by atoms with Gasteiger partial charge in [-0.15, -0.1) is 0 Å². The number of H-pyrrole nitrogens is 1. The Morgan fingerprint density at radius 3 is 2.88 bits per heavy atom. The molecule has 0 aliphatic heterocycles. The van der Waals surface area contributed by atoms with Crippen LogP contribution in [0.5, 0.6) is 0 Å². The van der Waals surface area contributed by atoms with Gasteiger partial charge in [0, 0.05) is 29.4 Å². The van der Waals surface area contributed by atoms with E-state index >= 15 is 0 Å². The van der Waals surface area contributed by atoms with Crippen molar-refractivity contribution in [2.75, 3.05) is 6.54 Å². The zero-order valence-corrected chi connectivity index (χ0v) is 13.6. The Balaban J connectivity index is 1.76. The van der Waals surface area contributed by atoms with E-state index in [-0.39, 0.29) is 11.7 Å². The fourth-order valence-corrected chi connectivity index (χ4v) is 2.95. The van der Waals surface area contributed by atoms with E-state index in [4.69, 9.17) is 7.85 Å². The van der Waals surface area contributed by atoms with E-state index in [2.05, 4.69) is 15.3 Å². The van der Waals surface area contributed by atoms with E-state index in [0.717, 1.165) is 22.2 Å². The molecule has 120 valence electrons. The van der Waals surface area contributed by atoms with Crippen LogP contribution in [0.25, 0.3) is 10.9 Å². The number of nitrogens with one attached hydrogen (secondary N) is 2. The number of aromatic amines is 1. The van der Waals surface area contributed by atoms with Crippen LogP contribution in [0.15, 0.2) is 30.5 Å². The molecule has 2 heterocycles. The SMILES string of the molecule is [B]c1cc(C(=O)NCCc2c(C)[nH]c3c(F)ccc(C)c23)ccn1. The maximum absolute atomic E-state index is 14.0. The lowest BCUT2D eigenvalue weighted by molar-refractivity contribution is 0.0954. The Morgan fingerprint density at radius 2 is 2.12 bits per heavy atom. The molecule has 4 nitrogen and oxygen atoms in total. The molecule has 1 aromatic carbocycles. The predicted molar refractivity (Wildman–Crippen MR) is 93.4 cm³/mol. The Labute approximate surface area is 140 Å². The first-order valence-corrected chi connectivity index (χ1v) is 7.73. The van der Waals surface area contributed by atoms with Gasteiger partial charge in [0.05, 0.1) is 5.52 Å². The largest absolute Gasteiger partial charge is 0.356 e. The van der Waals surface area contributed by atoms with Gasteiger partial charge in [0.1, 0.15) is 13.7 Å². The van der Waals surface area contributed by atoms with E-state index in [9.17, 15) is 9.18 Å². The van der Waals surface area contributed by atoms with E-state index in [1.165, 1.54) is 18.3 Å². The summed E-state index contributed by atoms with van der Waals surface area (Å²) < 4.78 is 14.0. The van der Waals surface area contributed by atoms with Gasteiger partial charge in [0.25, 0.3) is 5.91 Å². The van der Waals surface area contributed by atoms with Crippen LogP contribution in [-0.2, 0) is 6.42 Å². The second kappa shape index (κ2) is 6.47. The summed E-state index contributed by atoms with van der Waals surface area (Å²) in [4.78, 5) is 19.1. The highest BCUT2D eigenvalue weighted by molar-refractivity contribution is 6.31. The number of hydrogen-bond donors (Lipinski definition) is 2. The summed E-state index contributed by atoms with van der Waals surface area (Å²) >= 11 is 0. The molecule has 0 spiro atoms. The molecule has 2 N–H and O–H groups in total. The number of fused-ring (bicyclic) bond motifs is 1. The standard InChI is InChI=1S/C18H17BFN3O/c1-10-3-4-14(20)17-16(10)13(11(2)23-17)6-8-22-18(24)12-5-7-21-15(19)9-12/h3-5,7,9,23H,6,8H2,1-2H3,(H,22,24). The molecule has 6 heteroatoms. The third kappa shape index (κ3) is 3.04. The minimum atomic E-state index is -0.263. The van der Waals surface area contributed by atoms with Crippen molar-refractivity contribution < 1.29 is 9.18 Å².